The van der Waals surface area contributed by atoms with E-state index in [4.69, 9.17) is 0 Å². The molecule has 0 atom stereocenters. The molecule has 6 heteroatoms. The second-order valence-corrected chi connectivity index (χ2v) is 6.05. The number of halogens is 1. The first-order chi connectivity index (χ1) is 11.0. The highest BCUT2D eigenvalue weighted by molar-refractivity contribution is 9.10. The maximum absolute atomic E-state index is 12.1. The summed E-state index contributed by atoms with van der Waals surface area (Å²) in [4.78, 5) is 29.5. The number of carbonyl (C=O) groups is 2. The first kappa shape index (κ1) is 17.1. The monoisotopic (exact) mass is 375 g/mol. The van der Waals surface area contributed by atoms with E-state index in [0.29, 0.717) is 12.2 Å². The Bertz CT molecular complexity index is 704. The smallest absolute Gasteiger partial charge is 0.240 e. The molecule has 2 amide bonds. The largest absolute Gasteiger partial charge is 0.350 e. The molecule has 2 rings (SSSR count). The van der Waals surface area contributed by atoms with Gasteiger partial charge in [-0.25, -0.2) is 0 Å². The van der Waals surface area contributed by atoms with Crippen LogP contribution in [0.25, 0.3) is 0 Å². The summed E-state index contributed by atoms with van der Waals surface area (Å²) in [6.45, 7) is 3.76. The third kappa shape index (κ3) is 4.89. The van der Waals surface area contributed by atoms with Crippen molar-refractivity contribution in [3.05, 3.63) is 58.3 Å². The molecular formula is C17H18BrN3O2. The lowest BCUT2D eigenvalue weighted by Gasteiger charge is -2.22. The highest BCUT2D eigenvalue weighted by Crippen LogP contribution is 2.27. The van der Waals surface area contributed by atoms with Crippen LogP contribution in [0.3, 0.4) is 0 Å². The number of benzene rings is 1. The van der Waals surface area contributed by atoms with Gasteiger partial charge in [-0.05, 0) is 52.2 Å². The van der Waals surface area contributed by atoms with Gasteiger partial charge in [0.25, 0.3) is 0 Å². The second-order valence-electron chi connectivity index (χ2n) is 5.20. The predicted molar refractivity (Wildman–Crippen MR) is 93.0 cm³/mol. The molecule has 0 bridgehead atoms. The van der Waals surface area contributed by atoms with Gasteiger partial charge in [0, 0.05) is 30.3 Å². The topological polar surface area (TPSA) is 62.3 Å². The molecule has 0 fully saturated rings. The number of anilines is 1. The van der Waals surface area contributed by atoms with Crippen LogP contribution < -0.4 is 10.2 Å². The maximum atomic E-state index is 12.1. The molecule has 0 aliphatic rings. The predicted octanol–water partition coefficient (Wildman–Crippen LogP) is 2.82. The Morgan fingerprint density at radius 1 is 1.30 bits per heavy atom. The van der Waals surface area contributed by atoms with Crippen molar-refractivity contribution >= 4 is 33.4 Å². The lowest BCUT2D eigenvalue weighted by atomic mass is 10.2. The minimum absolute atomic E-state index is 0.0305. The summed E-state index contributed by atoms with van der Waals surface area (Å²) >= 11 is 3.45. The summed E-state index contributed by atoms with van der Waals surface area (Å²) in [6.07, 6.45) is 3.37. The first-order valence-electron chi connectivity index (χ1n) is 7.17. The van der Waals surface area contributed by atoms with Gasteiger partial charge < -0.3 is 10.2 Å². The lowest BCUT2D eigenvalue weighted by molar-refractivity contribution is -0.123. The van der Waals surface area contributed by atoms with Crippen molar-refractivity contribution in [1.82, 2.24) is 10.3 Å². The summed E-state index contributed by atoms with van der Waals surface area (Å²) in [5.41, 5.74) is 2.66. The highest BCUT2D eigenvalue weighted by Gasteiger charge is 2.18. The van der Waals surface area contributed by atoms with Crippen LogP contribution >= 0.6 is 15.9 Å². The van der Waals surface area contributed by atoms with Crippen molar-refractivity contribution in [2.75, 3.05) is 11.4 Å². The molecule has 1 N–H and O–H groups in total. The van der Waals surface area contributed by atoms with Crippen molar-refractivity contribution in [3.63, 3.8) is 0 Å². The maximum Gasteiger partial charge on any atom is 0.240 e. The summed E-state index contributed by atoms with van der Waals surface area (Å²) < 4.78 is 0.785. The Hall–Kier alpha value is -2.21. The minimum atomic E-state index is -0.225. The van der Waals surface area contributed by atoms with Crippen LogP contribution in [0.15, 0.2) is 47.2 Å². The number of hydrogen-bond donors (Lipinski definition) is 1. The van der Waals surface area contributed by atoms with Gasteiger partial charge in [0.15, 0.2) is 0 Å². The fourth-order valence-corrected chi connectivity index (χ4v) is 2.81. The molecule has 0 aliphatic heterocycles. The number of carbonyl (C=O) groups excluding carboxylic acids is 2. The van der Waals surface area contributed by atoms with Gasteiger partial charge in [-0.1, -0.05) is 12.1 Å². The van der Waals surface area contributed by atoms with E-state index in [0.717, 1.165) is 15.6 Å². The van der Waals surface area contributed by atoms with Crippen LogP contribution in [0, 0.1) is 6.92 Å². The SMILES string of the molecule is CC(=O)N(CC(=O)NCc1cccnc1)c1ccc(C)cc1Br. The summed E-state index contributed by atoms with van der Waals surface area (Å²) in [6, 6.07) is 9.34. The standard InChI is InChI=1S/C17H18BrN3O2/c1-12-5-6-16(15(18)8-12)21(13(2)22)11-17(23)20-10-14-4-3-7-19-9-14/h3-9H,10-11H2,1-2H3,(H,20,23). The Balaban J connectivity index is 2.04. The zero-order chi connectivity index (χ0) is 16.8. The molecular weight excluding hydrogens is 358 g/mol. The van der Waals surface area contributed by atoms with E-state index < -0.39 is 0 Å². The number of nitrogens with one attached hydrogen (secondary N) is 1. The van der Waals surface area contributed by atoms with Crippen LogP contribution in [0.1, 0.15) is 18.1 Å². The molecule has 0 radical (unpaired) electrons. The van der Waals surface area contributed by atoms with Gasteiger partial charge in [-0.2, -0.15) is 0 Å². The fraction of sp³-hybridized carbons (Fsp3) is 0.235. The molecule has 0 spiro atoms. The van der Waals surface area contributed by atoms with E-state index in [9.17, 15) is 9.59 Å². The van der Waals surface area contributed by atoms with Crippen molar-refractivity contribution in [2.45, 2.75) is 20.4 Å². The number of hydrogen-bond acceptors (Lipinski definition) is 3. The van der Waals surface area contributed by atoms with E-state index in [1.807, 2.05) is 37.3 Å². The quantitative estimate of drug-likeness (QED) is 0.873. The molecule has 0 unspecified atom stereocenters. The lowest BCUT2D eigenvalue weighted by Crippen LogP contribution is -2.39. The highest BCUT2D eigenvalue weighted by atomic mass is 79.9. The Kier molecular flexibility index (Phi) is 5.87. The van der Waals surface area contributed by atoms with E-state index in [1.54, 1.807) is 12.4 Å². The van der Waals surface area contributed by atoms with Crippen LogP contribution in [-0.2, 0) is 16.1 Å². The van der Waals surface area contributed by atoms with Gasteiger partial charge in [0.1, 0.15) is 6.54 Å². The normalized spacial score (nSPS) is 10.2. The molecule has 0 saturated carbocycles. The number of aromatic nitrogens is 1. The van der Waals surface area contributed by atoms with E-state index in [2.05, 4.69) is 26.2 Å². The van der Waals surface area contributed by atoms with Crippen molar-refractivity contribution in [1.29, 1.82) is 0 Å². The minimum Gasteiger partial charge on any atom is -0.350 e. The third-order valence-electron chi connectivity index (χ3n) is 3.29. The molecule has 120 valence electrons. The number of aryl methyl sites for hydroxylation is 1. The molecule has 0 saturated heterocycles. The molecule has 5 nitrogen and oxygen atoms in total. The van der Waals surface area contributed by atoms with Gasteiger partial charge >= 0.3 is 0 Å². The molecule has 1 heterocycles. The zero-order valence-electron chi connectivity index (χ0n) is 13.0. The van der Waals surface area contributed by atoms with Gasteiger partial charge in [0.05, 0.1) is 5.69 Å². The molecule has 23 heavy (non-hydrogen) atoms. The number of pyridine rings is 1. The first-order valence-corrected chi connectivity index (χ1v) is 7.96. The van der Waals surface area contributed by atoms with Crippen LogP contribution in [0.2, 0.25) is 0 Å². The number of rotatable bonds is 5. The molecule has 0 aliphatic carbocycles. The van der Waals surface area contributed by atoms with E-state index >= 15 is 0 Å². The number of nitrogens with zero attached hydrogens (tertiary/aromatic N) is 2. The third-order valence-corrected chi connectivity index (χ3v) is 3.92. The van der Waals surface area contributed by atoms with Gasteiger partial charge in [0.2, 0.25) is 11.8 Å². The molecule has 1 aromatic carbocycles. The summed E-state index contributed by atoms with van der Waals surface area (Å²) in [5.74, 6) is -0.414. The van der Waals surface area contributed by atoms with E-state index in [1.165, 1.54) is 11.8 Å². The van der Waals surface area contributed by atoms with Crippen LogP contribution in [0.5, 0.6) is 0 Å². The number of amides is 2. The van der Waals surface area contributed by atoms with Crippen molar-refractivity contribution < 1.29 is 9.59 Å². The second kappa shape index (κ2) is 7.87. The van der Waals surface area contributed by atoms with Crippen molar-refractivity contribution in [3.8, 4) is 0 Å². The zero-order valence-corrected chi connectivity index (χ0v) is 14.6. The van der Waals surface area contributed by atoms with E-state index in [-0.39, 0.29) is 18.4 Å². The van der Waals surface area contributed by atoms with Gasteiger partial charge in [-0.3, -0.25) is 14.6 Å². The summed E-state index contributed by atoms with van der Waals surface area (Å²) in [5, 5.41) is 2.80. The summed E-state index contributed by atoms with van der Waals surface area (Å²) in [7, 11) is 0. The van der Waals surface area contributed by atoms with Crippen LogP contribution in [0.4, 0.5) is 5.69 Å². The average molecular weight is 376 g/mol. The molecule has 2 aromatic rings. The fourth-order valence-electron chi connectivity index (χ4n) is 2.10. The Labute approximate surface area is 143 Å². The van der Waals surface area contributed by atoms with Crippen LogP contribution in [-0.4, -0.2) is 23.3 Å². The van der Waals surface area contributed by atoms with Crippen molar-refractivity contribution in [2.24, 2.45) is 0 Å². The van der Waals surface area contributed by atoms with Gasteiger partial charge in [-0.15, -0.1) is 0 Å². The Morgan fingerprint density at radius 2 is 2.09 bits per heavy atom. The molecule has 1 aromatic heterocycles. The Morgan fingerprint density at radius 3 is 2.70 bits per heavy atom. The average Bonchev–Trinajstić information content (AvgIpc) is 2.52.